The number of imidazole rings is 6. The summed E-state index contributed by atoms with van der Waals surface area (Å²) in [5.74, 6) is 2.65. The molecule has 0 fully saturated rings. The molecule has 20 aromatic rings. The molecule has 486 valence electrons. The summed E-state index contributed by atoms with van der Waals surface area (Å²) in [6, 6.07) is 123. The molecule has 6 aromatic heterocycles. The van der Waals surface area contributed by atoms with Gasteiger partial charge in [-0.3, -0.25) is 26.9 Å². The van der Waals surface area contributed by atoms with E-state index in [2.05, 4.69) is 402 Å². The highest BCUT2D eigenvalue weighted by Gasteiger charge is 2.55. The minimum Gasteiger partial charge on any atom is -0.344 e. The molecule has 0 saturated heterocycles. The van der Waals surface area contributed by atoms with Crippen LogP contribution < -0.4 is 28.9 Å². The first-order valence-electron chi connectivity index (χ1n) is 35.2. The Morgan fingerprint density at radius 2 is 0.462 bits per heavy atom. The van der Waals surface area contributed by atoms with Crippen LogP contribution in [0.1, 0.15) is 0 Å². The van der Waals surface area contributed by atoms with E-state index < -0.39 is 0 Å². The van der Waals surface area contributed by atoms with Gasteiger partial charge in [0.1, 0.15) is 0 Å². The molecule has 0 saturated carbocycles. The Morgan fingerprint density at radius 3 is 0.933 bits per heavy atom. The van der Waals surface area contributed by atoms with Gasteiger partial charge in [-0.25, -0.2) is 15.0 Å². The zero-order chi connectivity index (χ0) is 67.8. The summed E-state index contributed by atoms with van der Waals surface area (Å²) in [7, 11) is -0.248. The van der Waals surface area contributed by atoms with Crippen molar-refractivity contribution in [3.8, 4) is 17.1 Å². The second-order valence-electron chi connectivity index (χ2n) is 26.9. The van der Waals surface area contributed by atoms with E-state index in [0.717, 1.165) is 129 Å². The lowest BCUT2D eigenvalue weighted by Crippen LogP contribution is -2.51. The number of benzene rings is 14. The summed E-state index contributed by atoms with van der Waals surface area (Å²) in [4.78, 5) is 30.5. The minimum atomic E-state index is -0.150. The van der Waals surface area contributed by atoms with Crippen molar-refractivity contribution in [3.05, 3.63) is 346 Å². The van der Waals surface area contributed by atoms with E-state index in [1.807, 2.05) is 0 Å². The molecule has 4 aliphatic heterocycles. The van der Waals surface area contributed by atoms with Crippen LogP contribution in [0.25, 0.3) is 101 Å². The van der Waals surface area contributed by atoms with Crippen LogP contribution in [-0.2, 0) is 0 Å². The second kappa shape index (κ2) is 21.7. The fraction of sp³-hybridized carbons (Fsp3) is 0. The van der Waals surface area contributed by atoms with Crippen molar-refractivity contribution < 1.29 is 0 Å². The first kappa shape index (κ1) is 56.7. The average molecular weight is 1330 g/mol. The lowest BCUT2D eigenvalue weighted by Gasteiger charge is -2.31. The molecule has 0 atom stereocenters. The molecule has 4 aliphatic rings. The lowest BCUT2D eigenvalue weighted by molar-refractivity contribution is 1.10. The van der Waals surface area contributed by atoms with Crippen LogP contribution in [0.3, 0.4) is 0 Å². The van der Waals surface area contributed by atoms with E-state index in [0.29, 0.717) is 0 Å². The highest BCUT2D eigenvalue weighted by atomic mass is 15.5. The van der Waals surface area contributed by atoms with E-state index >= 15 is 0 Å². The molecule has 15 nitrogen and oxygen atoms in total. The molecule has 104 heavy (non-hydrogen) atoms. The largest absolute Gasteiger partial charge is 0.519 e. The van der Waals surface area contributed by atoms with Crippen molar-refractivity contribution in [2.75, 3.05) is 28.9 Å². The molecular formula is C87H57B2N15. The molecular weight excluding hydrogens is 1280 g/mol. The molecule has 0 N–H and O–H groups in total. The Labute approximate surface area is 596 Å². The molecule has 14 aromatic carbocycles. The third-order valence-corrected chi connectivity index (χ3v) is 21.4. The van der Waals surface area contributed by atoms with Gasteiger partial charge in [-0.05, 0) is 188 Å². The second-order valence-corrected chi connectivity index (χ2v) is 26.9. The molecule has 0 bridgehead atoms. The Balaban J connectivity index is 0.000000133. The highest BCUT2D eigenvalue weighted by molar-refractivity contribution is 6.81. The van der Waals surface area contributed by atoms with Crippen LogP contribution in [0.2, 0.25) is 0 Å². The predicted molar refractivity (Wildman–Crippen MR) is 425 cm³/mol. The highest BCUT2D eigenvalue weighted by Crippen LogP contribution is 2.58. The van der Waals surface area contributed by atoms with Gasteiger partial charge < -0.3 is 28.9 Å². The summed E-state index contributed by atoms with van der Waals surface area (Å²) in [6.45, 7) is 0. The van der Waals surface area contributed by atoms with E-state index in [-0.39, 0.29) is 14.2 Å². The Hall–Kier alpha value is -14.2. The molecule has 0 spiro atoms. The molecule has 17 heteroatoms. The number of aromatic nitrogens is 9. The van der Waals surface area contributed by atoms with Gasteiger partial charge >= 0.3 is 14.2 Å². The first-order chi connectivity index (χ1) is 51.7. The maximum atomic E-state index is 5.32. The summed E-state index contributed by atoms with van der Waals surface area (Å²) in [6.07, 6.45) is 0. The zero-order valence-electron chi connectivity index (χ0n) is 55.8. The first-order valence-corrected chi connectivity index (χ1v) is 35.2. The number of anilines is 12. The minimum absolute atomic E-state index is 0.0984. The summed E-state index contributed by atoms with van der Waals surface area (Å²) in [5.41, 5.74) is 29.9. The zero-order valence-corrected chi connectivity index (χ0v) is 55.8. The molecule has 0 amide bonds. The van der Waals surface area contributed by atoms with Gasteiger partial charge in [0.2, 0.25) is 17.3 Å². The summed E-state index contributed by atoms with van der Waals surface area (Å²) < 4.78 is 13.7. The third-order valence-electron chi connectivity index (χ3n) is 21.4. The number of para-hydroxylation sites is 19. The van der Waals surface area contributed by atoms with Crippen molar-refractivity contribution in [2.45, 2.75) is 0 Å². The normalized spacial score (nSPS) is 13.6. The van der Waals surface area contributed by atoms with Gasteiger partial charge in [0.05, 0.1) is 123 Å². The van der Waals surface area contributed by atoms with Crippen LogP contribution in [0, 0.1) is 0 Å². The van der Waals surface area contributed by atoms with E-state index in [9.17, 15) is 0 Å². The van der Waals surface area contributed by atoms with Crippen molar-refractivity contribution in [2.24, 2.45) is 0 Å². The Kier molecular flexibility index (Phi) is 11.8. The van der Waals surface area contributed by atoms with Crippen LogP contribution in [0.15, 0.2) is 346 Å². The van der Waals surface area contributed by atoms with Crippen LogP contribution in [-0.4, -0.2) is 56.1 Å². The van der Waals surface area contributed by atoms with Crippen molar-refractivity contribution in [1.82, 2.24) is 41.9 Å². The van der Waals surface area contributed by atoms with Crippen LogP contribution in [0.4, 0.5) is 68.2 Å². The summed E-state index contributed by atoms with van der Waals surface area (Å²) >= 11 is 0. The standard InChI is InChI=1S/C50H32BN9.C37H25BN6/c1-2-15-33(16-3-1)58-44-25-10-12-27-46(44)60-47-28-13-11-26-45(47)59(51(58)60)36-18-14-17-34(31-36)54-43-30-29-35(32-48(43)57-40-22-7-5-20-38(40)53-50(54)57)55-41-23-8-9-24-42(41)56-39-21-6-4-19-37(39)52-49(55)56;1-3-13-26(14-4-1)40-30-17-7-8-18-31(30)41-36-25-28(23-24-29(36)39-37(40)41)43-33-20-10-12-22-35(33)44-34-21-11-9-19-32(34)42(38(43)44)27-15-5-2-6-16-27/h1-32H;1-25H. The number of rotatable bonds is 7. The predicted octanol–water partition coefficient (Wildman–Crippen LogP) is 20.5. The molecule has 24 rings (SSSR count). The van der Waals surface area contributed by atoms with E-state index in [1.54, 1.807) is 0 Å². The Morgan fingerprint density at radius 1 is 0.173 bits per heavy atom. The SMILES string of the molecule is c1ccc(N2B3N(c4ccc5nc6n(-c7ccccc7)c7ccccc7n6c5c4)c4ccccc4N3c3ccccc32)cc1.c1ccc(N2B3N(c4cccc(-n5c6ccc(-n7c8ccccc8n8c9ccccc9nc78)cc6n6c7ccccc7nc56)c4)c4ccccc4N3c3ccccc32)cc1. The lowest BCUT2D eigenvalue weighted by atomic mass is 9.86. The maximum Gasteiger partial charge on any atom is 0.519 e. The summed E-state index contributed by atoms with van der Waals surface area (Å²) in [5, 5.41) is 0. The van der Waals surface area contributed by atoms with Crippen molar-refractivity contribution >= 4 is 166 Å². The van der Waals surface area contributed by atoms with Gasteiger partial charge in [0.15, 0.2) is 0 Å². The molecule has 0 aliphatic carbocycles. The smallest absolute Gasteiger partial charge is 0.344 e. The van der Waals surface area contributed by atoms with Crippen LogP contribution >= 0.6 is 0 Å². The molecule has 0 unspecified atom stereocenters. The maximum absolute atomic E-state index is 5.32. The van der Waals surface area contributed by atoms with Crippen molar-refractivity contribution in [3.63, 3.8) is 0 Å². The number of hydrogen-bond acceptors (Lipinski definition) is 9. The number of nitrogens with zero attached hydrogens (tertiary/aromatic N) is 15. The van der Waals surface area contributed by atoms with Crippen molar-refractivity contribution in [1.29, 1.82) is 0 Å². The fourth-order valence-corrected chi connectivity index (χ4v) is 17.2. The molecule has 10 heterocycles. The van der Waals surface area contributed by atoms with E-state index in [1.165, 1.54) is 39.8 Å². The quantitative estimate of drug-likeness (QED) is 0.145. The number of hydrogen-bond donors (Lipinski definition) is 0. The van der Waals surface area contributed by atoms with Gasteiger partial charge in [-0.1, -0.05) is 158 Å². The monoisotopic (exact) mass is 1330 g/mol. The average Bonchev–Trinajstić information content (AvgIpc) is 1.56. The van der Waals surface area contributed by atoms with Gasteiger partial charge in [0, 0.05) is 28.4 Å². The molecule has 0 radical (unpaired) electrons. The third kappa shape index (κ3) is 7.88. The fourth-order valence-electron chi connectivity index (χ4n) is 17.2. The van der Waals surface area contributed by atoms with Gasteiger partial charge in [-0.15, -0.1) is 0 Å². The van der Waals surface area contributed by atoms with Gasteiger partial charge in [-0.2, -0.15) is 0 Å². The van der Waals surface area contributed by atoms with Gasteiger partial charge in [0.25, 0.3) is 0 Å². The Bertz CT molecular complexity index is 6890. The number of fused-ring (bicyclic) bond motifs is 25. The van der Waals surface area contributed by atoms with E-state index in [4.69, 9.17) is 15.0 Å². The topological polar surface area (TPSA) is 86.1 Å². The van der Waals surface area contributed by atoms with Crippen LogP contribution in [0.5, 0.6) is 0 Å².